The number of benzene rings is 1. The predicted octanol–water partition coefficient (Wildman–Crippen LogP) is 3.48. The van der Waals surface area contributed by atoms with Crippen LogP contribution in [0.15, 0.2) is 49.6 Å². The first-order valence-electron chi connectivity index (χ1n) is 13.5. The third-order valence-electron chi connectivity index (χ3n) is 7.92. The second-order valence-electron chi connectivity index (χ2n) is 10.5. The lowest BCUT2D eigenvalue weighted by atomic mass is 9.70. The van der Waals surface area contributed by atoms with Crippen LogP contribution in [0.4, 0.5) is 5.69 Å². The lowest BCUT2D eigenvalue weighted by Gasteiger charge is -2.39. The average Bonchev–Trinajstić information content (AvgIpc) is 3.49. The first kappa shape index (κ1) is 29.7. The molecule has 3 fully saturated rings. The van der Waals surface area contributed by atoms with Crippen molar-refractivity contribution in [2.75, 3.05) is 37.7 Å². The number of aliphatic hydroxyl groups is 1. The van der Waals surface area contributed by atoms with Crippen LogP contribution in [0.25, 0.3) is 0 Å². The van der Waals surface area contributed by atoms with Gasteiger partial charge in [0.05, 0.1) is 29.8 Å². The molecule has 3 amide bonds. The Morgan fingerprint density at radius 2 is 1.90 bits per heavy atom. The molecule has 3 saturated heterocycles. The van der Waals surface area contributed by atoms with Gasteiger partial charge in [-0.15, -0.1) is 24.9 Å². The summed E-state index contributed by atoms with van der Waals surface area (Å²) in [5.74, 6) is -1.14. The number of anilines is 1. The lowest BCUT2D eigenvalue weighted by Crippen LogP contribution is -2.57. The van der Waals surface area contributed by atoms with Crippen molar-refractivity contribution in [2.24, 2.45) is 11.8 Å². The molecule has 1 spiro atoms. The Morgan fingerprint density at radius 3 is 2.46 bits per heavy atom. The molecule has 6 atom stereocenters. The first-order valence-corrected chi connectivity index (χ1v) is 15.3. The molecule has 39 heavy (non-hydrogen) atoms. The van der Waals surface area contributed by atoms with Gasteiger partial charge in [-0.25, -0.2) is 0 Å². The van der Waals surface area contributed by atoms with Crippen molar-refractivity contribution in [1.82, 2.24) is 9.80 Å². The van der Waals surface area contributed by atoms with E-state index in [1.165, 1.54) is 4.90 Å². The zero-order valence-corrected chi connectivity index (χ0v) is 25.2. The number of halogens is 1. The van der Waals surface area contributed by atoms with E-state index in [4.69, 9.17) is 4.74 Å². The summed E-state index contributed by atoms with van der Waals surface area (Å²) in [5, 5.41) is 9.71. The van der Waals surface area contributed by atoms with Gasteiger partial charge in [0.25, 0.3) is 0 Å². The minimum atomic E-state index is -0.768. The molecule has 0 saturated carbocycles. The first-order chi connectivity index (χ1) is 18.7. The summed E-state index contributed by atoms with van der Waals surface area (Å²) in [6.07, 6.45) is 3.95. The highest BCUT2D eigenvalue weighted by Crippen LogP contribution is 2.68. The summed E-state index contributed by atoms with van der Waals surface area (Å²) >= 11 is 5.40. The maximum Gasteiger partial charge on any atom is 0.247 e. The zero-order valence-electron chi connectivity index (χ0n) is 22.8. The number of β-amino-alcohol motifs (C(OH)–C–C–N with tert-alkyl or cyclic N) is 1. The van der Waals surface area contributed by atoms with E-state index in [9.17, 15) is 19.5 Å². The van der Waals surface area contributed by atoms with Crippen LogP contribution >= 0.6 is 27.7 Å². The normalized spacial score (nSPS) is 28.9. The Balaban J connectivity index is 1.75. The summed E-state index contributed by atoms with van der Waals surface area (Å²) in [7, 11) is 0. The number of likely N-dealkylation sites (tertiary alicyclic amines) is 1. The van der Waals surface area contributed by atoms with Gasteiger partial charge in [-0.3, -0.25) is 14.4 Å². The highest BCUT2D eigenvalue weighted by molar-refractivity contribution is 9.09. The number of nitrogens with zero attached hydrogens (tertiary/aromatic N) is 3. The molecule has 1 aromatic carbocycles. The highest BCUT2D eigenvalue weighted by atomic mass is 79.9. The zero-order chi connectivity index (χ0) is 28.5. The Bertz CT molecular complexity index is 1110. The predicted molar refractivity (Wildman–Crippen MR) is 158 cm³/mol. The molecule has 212 valence electrons. The summed E-state index contributed by atoms with van der Waals surface area (Å²) in [4.78, 5) is 47.4. The Morgan fingerprint density at radius 1 is 1.23 bits per heavy atom. The third-order valence-corrected chi connectivity index (χ3v) is 11.1. The number of alkyl halides is 1. The van der Waals surface area contributed by atoms with Crippen molar-refractivity contribution in [3.63, 3.8) is 0 Å². The topological polar surface area (TPSA) is 90.4 Å². The van der Waals surface area contributed by atoms with E-state index in [0.29, 0.717) is 31.0 Å². The number of thioether (sulfide) groups is 1. The number of ether oxygens (including phenoxy) is 1. The van der Waals surface area contributed by atoms with Crippen LogP contribution in [0, 0.1) is 11.8 Å². The fourth-order valence-electron chi connectivity index (χ4n) is 6.41. The quantitative estimate of drug-likeness (QED) is 0.285. The average molecular weight is 621 g/mol. The van der Waals surface area contributed by atoms with Crippen LogP contribution in [0.1, 0.15) is 27.2 Å². The number of aliphatic hydroxyl groups excluding tert-OH is 1. The van der Waals surface area contributed by atoms with E-state index in [1.54, 1.807) is 33.7 Å². The third kappa shape index (κ3) is 5.04. The van der Waals surface area contributed by atoms with Gasteiger partial charge in [0.1, 0.15) is 11.8 Å². The van der Waals surface area contributed by atoms with E-state index in [0.717, 1.165) is 0 Å². The fraction of sp³-hybridized carbons (Fsp3) is 0.552. The van der Waals surface area contributed by atoms with Gasteiger partial charge in [0.15, 0.2) is 0 Å². The Hall–Kier alpha value is -2.30. The van der Waals surface area contributed by atoms with Crippen LogP contribution < -0.4 is 9.64 Å². The molecule has 3 aliphatic rings. The van der Waals surface area contributed by atoms with Crippen molar-refractivity contribution in [1.29, 1.82) is 0 Å². The van der Waals surface area contributed by atoms with Crippen LogP contribution in [0.2, 0.25) is 0 Å². The molecular formula is C29H38BrN3O5S. The number of rotatable bonds is 12. The van der Waals surface area contributed by atoms with Gasteiger partial charge in [0.2, 0.25) is 17.7 Å². The fourth-order valence-corrected chi connectivity index (χ4v) is 10.0. The number of carbonyl (C=O) groups is 3. The van der Waals surface area contributed by atoms with Crippen molar-refractivity contribution in [3.8, 4) is 5.75 Å². The molecule has 4 rings (SSSR count). The molecule has 3 aliphatic heterocycles. The number of fused-ring (bicyclic) bond motifs is 1. The van der Waals surface area contributed by atoms with Crippen LogP contribution in [-0.4, -0.2) is 92.4 Å². The molecule has 2 bridgehead atoms. The van der Waals surface area contributed by atoms with Gasteiger partial charge < -0.3 is 24.5 Å². The lowest BCUT2D eigenvalue weighted by molar-refractivity contribution is -0.143. The summed E-state index contributed by atoms with van der Waals surface area (Å²) in [5.41, 5.74) is 0.693. The smallest absolute Gasteiger partial charge is 0.247 e. The van der Waals surface area contributed by atoms with Crippen molar-refractivity contribution in [3.05, 3.63) is 49.6 Å². The summed E-state index contributed by atoms with van der Waals surface area (Å²) < 4.78 is 4.79. The van der Waals surface area contributed by atoms with Gasteiger partial charge in [-0.2, -0.15) is 0 Å². The van der Waals surface area contributed by atoms with Crippen LogP contribution in [0.5, 0.6) is 5.75 Å². The van der Waals surface area contributed by atoms with Gasteiger partial charge in [-0.1, -0.05) is 28.1 Å². The molecular weight excluding hydrogens is 582 g/mol. The van der Waals surface area contributed by atoms with Crippen molar-refractivity contribution < 1.29 is 24.2 Å². The second kappa shape index (κ2) is 12.1. The Kier molecular flexibility index (Phi) is 9.18. The van der Waals surface area contributed by atoms with E-state index < -0.39 is 22.6 Å². The van der Waals surface area contributed by atoms with Gasteiger partial charge in [-0.05, 0) is 51.5 Å². The van der Waals surface area contributed by atoms with E-state index in [-0.39, 0.29) is 53.5 Å². The second-order valence-corrected chi connectivity index (χ2v) is 13.2. The number of carbonyl (C=O) groups excluding carboxylic acids is 3. The van der Waals surface area contributed by atoms with Gasteiger partial charge >= 0.3 is 0 Å². The molecule has 0 aromatic heterocycles. The molecule has 0 aliphatic carbocycles. The van der Waals surface area contributed by atoms with Crippen molar-refractivity contribution in [2.45, 2.75) is 54.1 Å². The minimum Gasteiger partial charge on any atom is -0.494 e. The number of hydrogen-bond donors (Lipinski definition) is 1. The standard InChI is InChI=1S/C29H38BrN3O5S/c1-6-13-31(18(4)5)28(37)25-29-17-21(30)24(39-29)22(23(29)27(36)33(25)15-16-34)26(35)32(14-7-2)19-9-11-20(12-10-19)38-8-3/h6-7,9-12,18,21-25,34H,1-2,8,13-17H2,3-5H3/t21?,22-,23-,24-,25?,29?/m0/s1. The van der Waals surface area contributed by atoms with Crippen molar-refractivity contribution >= 4 is 51.1 Å². The SMILES string of the molecule is C=CCN(C(=O)[C@H]1[C@H]2C(=O)N(CCO)C(C(=O)N(CC=C)C(C)C)C23CC(Br)[C@@H]1S3)c1ccc(OCC)cc1. The molecule has 1 N–H and O–H groups in total. The maximum absolute atomic E-state index is 14.3. The number of amides is 3. The minimum absolute atomic E-state index is 0.0392. The van der Waals surface area contributed by atoms with E-state index in [2.05, 4.69) is 29.1 Å². The Labute approximate surface area is 243 Å². The molecule has 3 heterocycles. The highest BCUT2D eigenvalue weighted by Gasteiger charge is 2.76. The molecule has 0 radical (unpaired) electrons. The summed E-state index contributed by atoms with van der Waals surface area (Å²) in [6.45, 7) is 14.4. The monoisotopic (exact) mass is 619 g/mol. The van der Waals surface area contributed by atoms with E-state index >= 15 is 0 Å². The van der Waals surface area contributed by atoms with Gasteiger partial charge in [0, 0.05) is 41.4 Å². The molecule has 3 unspecified atom stereocenters. The van der Waals surface area contributed by atoms with Crippen LogP contribution in [0.3, 0.4) is 0 Å². The number of hydrogen-bond acceptors (Lipinski definition) is 6. The van der Waals surface area contributed by atoms with Crippen LogP contribution in [-0.2, 0) is 14.4 Å². The molecule has 1 aromatic rings. The van der Waals surface area contributed by atoms with E-state index in [1.807, 2.05) is 45.0 Å². The largest absolute Gasteiger partial charge is 0.494 e. The molecule has 10 heteroatoms. The maximum atomic E-state index is 14.3. The summed E-state index contributed by atoms with van der Waals surface area (Å²) in [6, 6.07) is 6.46. The molecule has 8 nitrogen and oxygen atoms in total.